The Morgan fingerprint density at radius 2 is 2.16 bits per heavy atom. The molecule has 104 valence electrons. The summed E-state index contributed by atoms with van der Waals surface area (Å²) in [6.45, 7) is 3.35. The largest absolute Gasteiger partial charge is 0.386 e. The van der Waals surface area contributed by atoms with Crippen LogP contribution in [0.1, 0.15) is 24.3 Å². The van der Waals surface area contributed by atoms with Crippen molar-refractivity contribution in [1.82, 2.24) is 5.32 Å². The minimum Gasteiger partial charge on any atom is -0.386 e. The van der Waals surface area contributed by atoms with E-state index in [2.05, 4.69) is 30.4 Å². The van der Waals surface area contributed by atoms with Gasteiger partial charge in [0.1, 0.15) is 6.10 Å². The van der Waals surface area contributed by atoms with Crippen molar-refractivity contribution in [2.45, 2.75) is 25.5 Å². The zero-order valence-corrected chi connectivity index (χ0v) is 12.2. The molecule has 2 rings (SSSR count). The predicted octanol–water partition coefficient (Wildman–Crippen LogP) is 2.95. The molecule has 2 atom stereocenters. The molecule has 0 saturated heterocycles. The number of hydrogen-bond donors (Lipinski definition) is 2. The van der Waals surface area contributed by atoms with Crippen LogP contribution >= 0.6 is 11.3 Å². The smallest absolute Gasteiger partial charge is 0.101 e. The molecule has 0 aliphatic heterocycles. The van der Waals surface area contributed by atoms with E-state index in [-0.39, 0.29) is 0 Å². The molecule has 0 radical (unpaired) electrons. The van der Waals surface area contributed by atoms with Crippen LogP contribution < -0.4 is 5.32 Å². The van der Waals surface area contributed by atoms with Gasteiger partial charge >= 0.3 is 0 Å². The van der Waals surface area contributed by atoms with Gasteiger partial charge in [-0.3, -0.25) is 0 Å². The van der Waals surface area contributed by atoms with E-state index in [1.165, 1.54) is 10.1 Å². The molecule has 0 aliphatic carbocycles. The highest BCUT2D eigenvalue weighted by Crippen LogP contribution is 2.29. The minimum atomic E-state index is -0.455. The Morgan fingerprint density at radius 1 is 1.37 bits per heavy atom. The number of ether oxygens (including phenoxy) is 1. The van der Waals surface area contributed by atoms with Crippen molar-refractivity contribution in [3.8, 4) is 0 Å². The van der Waals surface area contributed by atoms with Gasteiger partial charge in [-0.1, -0.05) is 25.1 Å². The minimum absolute atomic E-state index is 0.300. The maximum Gasteiger partial charge on any atom is 0.101 e. The summed E-state index contributed by atoms with van der Waals surface area (Å²) in [5, 5.41) is 14.8. The molecule has 2 N–H and O–H groups in total. The number of hydrogen-bond acceptors (Lipinski definition) is 4. The fraction of sp³-hybridized carbons (Fsp3) is 0.467. The van der Waals surface area contributed by atoms with Crippen molar-refractivity contribution in [2.24, 2.45) is 0 Å². The van der Waals surface area contributed by atoms with Gasteiger partial charge in [0.05, 0.1) is 6.61 Å². The standard InChI is InChI=1S/C15H21NO2S/c1-3-12(10-18-2)16-9-13(17)15-8-11-6-4-5-7-14(11)19-15/h4-8,12-13,16-17H,3,9-10H2,1-2H3. The van der Waals surface area contributed by atoms with Crippen molar-refractivity contribution >= 4 is 21.4 Å². The summed E-state index contributed by atoms with van der Waals surface area (Å²) in [6.07, 6.45) is 0.538. The summed E-state index contributed by atoms with van der Waals surface area (Å²) in [5.41, 5.74) is 0. The zero-order chi connectivity index (χ0) is 13.7. The monoisotopic (exact) mass is 279 g/mol. The highest BCUT2D eigenvalue weighted by molar-refractivity contribution is 7.19. The molecule has 0 spiro atoms. The SMILES string of the molecule is CCC(COC)NCC(O)c1cc2ccccc2s1. The number of rotatable bonds is 7. The number of aliphatic hydroxyl groups is 1. The quantitative estimate of drug-likeness (QED) is 0.819. The van der Waals surface area contributed by atoms with Gasteiger partial charge in [-0.25, -0.2) is 0 Å². The third kappa shape index (κ3) is 3.76. The first-order valence-corrected chi connectivity index (χ1v) is 7.45. The first kappa shape index (κ1) is 14.5. The predicted molar refractivity (Wildman–Crippen MR) is 80.7 cm³/mol. The number of benzene rings is 1. The molecule has 0 amide bonds. The third-order valence-electron chi connectivity index (χ3n) is 3.23. The third-order valence-corrected chi connectivity index (χ3v) is 4.45. The topological polar surface area (TPSA) is 41.5 Å². The van der Waals surface area contributed by atoms with Crippen LogP contribution in [0.5, 0.6) is 0 Å². The number of fused-ring (bicyclic) bond motifs is 1. The second-order valence-corrected chi connectivity index (χ2v) is 5.79. The summed E-state index contributed by atoms with van der Waals surface area (Å²) in [7, 11) is 1.70. The lowest BCUT2D eigenvalue weighted by molar-refractivity contribution is 0.139. The van der Waals surface area contributed by atoms with E-state index in [0.717, 1.165) is 11.3 Å². The Hall–Kier alpha value is -0.940. The van der Waals surface area contributed by atoms with E-state index in [9.17, 15) is 5.11 Å². The Morgan fingerprint density at radius 3 is 2.84 bits per heavy atom. The van der Waals surface area contributed by atoms with Crippen molar-refractivity contribution < 1.29 is 9.84 Å². The fourth-order valence-corrected chi connectivity index (χ4v) is 3.12. The van der Waals surface area contributed by atoms with E-state index in [1.54, 1.807) is 18.4 Å². The number of nitrogens with one attached hydrogen (secondary N) is 1. The van der Waals surface area contributed by atoms with Crippen LogP contribution in [0.3, 0.4) is 0 Å². The fourth-order valence-electron chi connectivity index (χ4n) is 2.07. The Kier molecular flexibility index (Phi) is 5.34. The molecule has 1 aromatic carbocycles. The summed E-state index contributed by atoms with van der Waals surface area (Å²) < 4.78 is 6.36. The van der Waals surface area contributed by atoms with E-state index in [1.807, 2.05) is 12.1 Å². The second-order valence-electron chi connectivity index (χ2n) is 4.67. The Labute approximate surface area is 118 Å². The van der Waals surface area contributed by atoms with Gasteiger partial charge in [0.25, 0.3) is 0 Å². The molecule has 0 saturated carbocycles. The van der Waals surface area contributed by atoms with Gasteiger partial charge in [-0.2, -0.15) is 0 Å². The van der Waals surface area contributed by atoms with Crippen molar-refractivity contribution in [3.63, 3.8) is 0 Å². The summed E-state index contributed by atoms with van der Waals surface area (Å²) >= 11 is 1.66. The molecule has 2 aromatic rings. The lowest BCUT2D eigenvalue weighted by Gasteiger charge is -2.18. The van der Waals surface area contributed by atoms with Gasteiger partial charge in [0.15, 0.2) is 0 Å². The number of methoxy groups -OCH3 is 1. The van der Waals surface area contributed by atoms with E-state index in [0.29, 0.717) is 19.2 Å². The Balaban J connectivity index is 1.97. The van der Waals surface area contributed by atoms with Gasteiger partial charge in [-0.15, -0.1) is 11.3 Å². The highest BCUT2D eigenvalue weighted by Gasteiger charge is 2.13. The van der Waals surface area contributed by atoms with Crippen molar-refractivity contribution in [2.75, 3.05) is 20.3 Å². The van der Waals surface area contributed by atoms with Crippen molar-refractivity contribution in [1.29, 1.82) is 0 Å². The van der Waals surface area contributed by atoms with Crippen LogP contribution in [0.2, 0.25) is 0 Å². The van der Waals surface area contributed by atoms with E-state index >= 15 is 0 Å². The van der Waals surface area contributed by atoms with Crippen LogP contribution in [0.15, 0.2) is 30.3 Å². The lowest BCUT2D eigenvalue weighted by atomic mass is 10.2. The van der Waals surface area contributed by atoms with Crippen LogP contribution in [-0.2, 0) is 4.74 Å². The van der Waals surface area contributed by atoms with Gasteiger partial charge < -0.3 is 15.2 Å². The normalized spacial score (nSPS) is 14.7. The van der Waals surface area contributed by atoms with Crippen molar-refractivity contribution in [3.05, 3.63) is 35.2 Å². The molecule has 1 aromatic heterocycles. The molecule has 1 heterocycles. The first-order chi connectivity index (χ1) is 9.24. The summed E-state index contributed by atoms with van der Waals surface area (Å²) in [4.78, 5) is 1.01. The number of aliphatic hydroxyl groups excluding tert-OH is 1. The molecule has 4 heteroatoms. The molecular formula is C15H21NO2S. The Bertz CT molecular complexity index is 479. The molecular weight excluding hydrogens is 258 g/mol. The maximum absolute atomic E-state index is 10.2. The zero-order valence-electron chi connectivity index (χ0n) is 11.4. The van der Waals surface area contributed by atoms with Crippen LogP contribution in [0.25, 0.3) is 10.1 Å². The summed E-state index contributed by atoms with van der Waals surface area (Å²) in [6, 6.07) is 10.6. The van der Waals surface area contributed by atoms with E-state index < -0.39 is 6.10 Å². The first-order valence-electron chi connectivity index (χ1n) is 6.63. The number of thiophene rings is 1. The maximum atomic E-state index is 10.2. The van der Waals surface area contributed by atoms with Crippen LogP contribution in [-0.4, -0.2) is 31.4 Å². The molecule has 19 heavy (non-hydrogen) atoms. The average Bonchev–Trinajstić information content (AvgIpc) is 2.87. The van der Waals surface area contributed by atoms with Gasteiger partial charge in [0, 0.05) is 29.3 Å². The molecule has 0 fully saturated rings. The van der Waals surface area contributed by atoms with Gasteiger partial charge in [0.2, 0.25) is 0 Å². The van der Waals surface area contributed by atoms with E-state index in [4.69, 9.17) is 4.74 Å². The molecule has 3 nitrogen and oxygen atoms in total. The molecule has 0 aliphatic rings. The van der Waals surface area contributed by atoms with Gasteiger partial charge in [-0.05, 0) is 23.9 Å². The van der Waals surface area contributed by atoms with Crippen LogP contribution in [0, 0.1) is 0 Å². The lowest BCUT2D eigenvalue weighted by Crippen LogP contribution is -2.35. The molecule has 0 bridgehead atoms. The second kappa shape index (κ2) is 7.01. The van der Waals surface area contributed by atoms with Crippen LogP contribution in [0.4, 0.5) is 0 Å². The average molecular weight is 279 g/mol. The highest BCUT2D eigenvalue weighted by atomic mass is 32.1. The molecule has 2 unspecified atom stereocenters. The summed E-state index contributed by atoms with van der Waals surface area (Å²) in [5.74, 6) is 0.